The molecule has 0 radical (unpaired) electrons. The first-order valence-corrected chi connectivity index (χ1v) is 6.55. The Bertz CT molecular complexity index is 627. The fraction of sp³-hybridized carbons (Fsp3) is 0.0714. The number of nitro groups is 1. The monoisotopic (exact) mass is 320 g/mol. The predicted molar refractivity (Wildman–Crippen MR) is 77.8 cm³/mol. The number of anilines is 1. The van der Waals surface area contributed by atoms with Crippen molar-refractivity contribution in [2.24, 2.45) is 0 Å². The van der Waals surface area contributed by atoms with Gasteiger partial charge in [-0.1, -0.05) is 0 Å². The molecule has 1 N–H and O–H groups in total. The SMILES string of the molecule is Cc1ccc([N+](=O)[O-])cc1C(=[Se])Nc1ccccc1. The van der Waals surface area contributed by atoms with Gasteiger partial charge in [-0.25, -0.2) is 0 Å². The van der Waals surface area contributed by atoms with Crippen LogP contribution in [0.5, 0.6) is 0 Å². The van der Waals surface area contributed by atoms with Crippen molar-refractivity contribution in [1.82, 2.24) is 0 Å². The first-order chi connectivity index (χ1) is 9.08. The second kappa shape index (κ2) is 5.78. The normalized spacial score (nSPS) is 9.95. The summed E-state index contributed by atoms with van der Waals surface area (Å²) in [6.07, 6.45) is 0. The van der Waals surface area contributed by atoms with Crippen molar-refractivity contribution in [1.29, 1.82) is 0 Å². The second-order valence-corrected chi connectivity index (χ2v) is 4.93. The van der Waals surface area contributed by atoms with Gasteiger partial charge in [0.1, 0.15) is 0 Å². The summed E-state index contributed by atoms with van der Waals surface area (Å²) < 4.78 is 0.771. The Morgan fingerprint density at radius 1 is 1.21 bits per heavy atom. The van der Waals surface area contributed by atoms with Crippen molar-refractivity contribution in [3.05, 3.63) is 69.8 Å². The van der Waals surface area contributed by atoms with Crippen molar-refractivity contribution in [2.75, 3.05) is 5.32 Å². The molecule has 19 heavy (non-hydrogen) atoms. The minimum absolute atomic E-state index is 0.0863. The molecule has 0 aliphatic carbocycles. The number of hydrogen-bond acceptors (Lipinski definition) is 3. The summed E-state index contributed by atoms with van der Waals surface area (Å²) in [5.74, 6) is 0. The molecule has 2 aromatic carbocycles. The number of benzene rings is 2. The Kier molecular flexibility index (Phi) is 4.09. The van der Waals surface area contributed by atoms with Crippen LogP contribution in [-0.2, 0) is 0 Å². The van der Waals surface area contributed by atoms with Crippen LogP contribution in [0.4, 0.5) is 11.4 Å². The number of hydrogen-bond donors (Lipinski definition) is 1. The second-order valence-electron chi connectivity index (χ2n) is 4.08. The summed E-state index contributed by atoms with van der Waals surface area (Å²) in [5.41, 5.74) is 2.80. The number of non-ortho nitro benzene ring substituents is 1. The van der Waals surface area contributed by atoms with Gasteiger partial charge in [-0.2, -0.15) is 0 Å². The molecule has 96 valence electrons. The van der Waals surface area contributed by atoms with Gasteiger partial charge in [-0.3, -0.25) is 0 Å². The number of nitrogens with zero attached hydrogens (tertiary/aromatic N) is 1. The maximum absolute atomic E-state index is 10.8. The molecule has 0 fully saturated rings. The fourth-order valence-corrected chi connectivity index (χ4v) is 2.40. The van der Waals surface area contributed by atoms with Gasteiger partial charge in [0, 0.05) is 0 Å². The average Bonchev–Trinajstić information content (AvgIpc) is 2.40. The average molecular weight is 319 g/mol. The molecule has 0 saturated carbocycles. The van der Waals surface area contributed by atoms with Gasteiger partial charge in [0.15, 0.2) is 0 Å². The summed E-state index contributed by atoms with van der Waals surface area (Å²) in [6.45, 7) is 1.92. The van der Waals surface area contributed by atoms with Crippen molar-refractivity contribution in [3.8, 4) is 0 Å². The van der Waals surface area contributed by atoms with Crippen LogP contribution < -0.4 is 5.32 Å². The Morgan fingerprint density at radius 2 is 1.89 bits per heavy atom. The van der Waals surface area contributed by atoms with Crippen LogP contribution in [0.1, 0.15) is 11.1 Å². The molecule has 0 aliphatic rings. The molecule has 5 heteroatoms. The zero-order valence-electron chi connectivity index (χ0n) is 10.3. The van der Waals surface area contributed by atoms with E-state index in [1.54, 1.807) is 12.1 Å². The fourth-order valence-electron chi connectivity index (χ4n) is 1.69. The quantitative estimate of drug-likeness (QED) is 0.535. The van der Waals surface area contributed by atoms with Crippen LogP contribution in [-0.4, -0.2) is 25.0 Å². The molecule has 2 aromatic rings. The zero-order valence-corrected chi connectivity index (χ0v) is 12.0. The minimum atomic E-state index is -0.390. The van der Waals surface area contributed by atoms with E-state index >= 15 is 0 Å². The molecule has 0 aliphatic heterocycles. The van der Waals surface area contributed by atoms with Gasteiger partial charge < -0.3 is 0 Å². The van der Waals surface area contributed by atoms with E-state index in [1.165, 1.54) is 6.07 Å². The van der Waals surface area contributed by atoms with E-state index in [2.05, 4.69) is 20.9 Å². The van der Waals surface area contributed by atoms with Crippen LogP contribution in [0.2, 0.25) is 0 Å². The van der Waals surface area contributed by atoms with Gasteiger partial charge in [-0.15, -0.1) is 0 Å². The van der Waals surface area contributed by atoms with E-state index in [-0.39, 0.29) is 5.69 Å². The summed E-state index contributed by atoms with van der Waals surface area (Å²) in [4.78, 5) is 10.4. The van der Waals surface area contributed by atoms with E-state index in [9.17, 15) is 10.1 Å². The Hall–Kier alpha value is -1.97. The number of para-hydroxylation sites is 1. The molecule has 0 saturated heterocycles. The molecule has 0 amide bonds. The molecule has 0 heterocycles. The molecule has 2 rings (SSSR count). The molecule has 0 bridgehead atoms. The van der Waals surface area contributed by atoms with E-state index in [4.69, 9.17) is 0 Å². The van der Waals surface area contributed by atoms with Crippen molar-refractivity contribution in [2.45, 2.75) is 6.92 Å². The molecule has 4 nitrogen and oxygen atoms in total. The van der Waals surface area contributed by atoms with Gasteiger partial charge in [0.2, 0.25) is 0 Å². The molecular formula is C14H12N2O2Se. The van der Waals surface area contributed by atoms with Gasteiger partial charge in [0.25, 0.3) is 0 Å². The van der Waals surface area contributed by atoms with E-state index in [0.717, 1.165) is 21.4 Å². The third kappa shape index (κ3) is 3.28. The van der Waals surface area contributed by atoms with Gasteiger partial charge in [0.05, 0.1) is 0 Å². The maximum atomic E-state index is 10.8. The summed E-state index contributed by atoms with van der Waals surface area (Å²) in [7, 11) is 0. The Balaban J connectivity index is 2.28. The molecule has 0 spiro atoms. The van der Waals surface area contributed by atoms with Crippen molar-refractivity contribution < 1.29 is 4.92 Å². The van der Waals surface area contributed by atoms with Crippen LogP contribution in [0, 0.1) is 17.0 Å². The summed E-state index contributed by atoms with van der Waals surface area (Å²) in [6, 6.07) is 14.5. The number of nitro benzene ring substituents is 1. The van der Waals surface area contributed by atoms with Crippen LogP contribution in [0.25, 0.3) is 0 Å². The zero-order chi connectivity index (χ0) is 13.8. The number of rotatable bonds is 4. The van der Waals surface area contributed by atoms with Crippen LogP contribution >= 0.6 is 0 Å². The van der Waals surface area contributed by atoms with Crippen molar-refractivity contribution >= 4 is 31.5 Å². The Labute approximate surface area is 119 Å². The molecule has 0 atom stereocenters. The molecule has 0 aromatic heterocycles. The van der Waals surface area contributed by atoms with Gasteiger partial charge >= 0.3 is 118 Å². The van der Waals surface area contributed by atoms with Crippen molar-refractivity contribution in [3.63, 3.8) is 0 Å². The predicted octanol–water partition coefficient (Wildman–Crippen LogP) is 2.66. The molecular weight excluding hydrogens is 307 g/mol. The van der Waals surface area contributed by atoms with E-state index in [0.29, 0.717) is 0 Å². The topological polar surface area (TPSA) is 55.2 Å². The van der Waals surface area contributed by atoms with Gasteiger partial charge in [-0.05, 0) is 0 Å². The first kappa shape index (κ1) is 13.5. The summed E-state index contributed by atoms with van der Waals surface area (Å²) >= 11 is 2.93. The summed E-state index contributed by atoms with van der Waals surface area (Å²) in [5, 5.41) is 14.0. The third-order valence-electron chi connectivity index (χ3n) is 2.71. The van der Waals surface area contributed by atoms with Crippen LogP contribution in [0.3, 0.4) is 0 Å². The molecule has 0 unspecified atom stereocenters. The Morgan fingerprint density at radius 3 is 2.53 bits per heavy atom. The standard InChI is InChI=1S/C14H12N2O2Se/c1-10-7-8-12(16(17)18)9-13(10)14(19)15-11-5-3-2-4-6-11/h2-9H,1H3,(H,15,19). The van der Waals surface area contributed by atoms with Crippen LogP contribution in [0.15, 0.2) is 48.5 Å². The number of nitrogens with one attached hydrogen (secondary N) is 1. The third-order valence-corrected chi connectivity index (χ3v) is 3.38. The van der Waals surface area contributed by atoms with E-state index in [1.807, 2.05) is 37.3 Å². The number of aryl methyl sites for hydroxylation is 1. The first-order valence-electron chi connectivity index (χ1n) is 5.69. The van der Waals surface area contributed by atoms with E-state index < -0.39 is 4.92 Å².